The number of carbonyl (C=O) groups excluding carboxylic acids is 1. The van der Waals surface area contributed by atoms with Crippen molar-refractivity contribution in [2.24, 2.45) is 0 Å². The number of hydrogen-bond donors (Lipinski definition) is 2. The van der Waals surface area contributed by atoms with E-state index < -0.39 is 0 Å². The smallest absolute Gasteiger partial charge is 0.246 e. The summed E-state index contributed by atoms with van der Waals surface area (Å²) in [7, 11) is 1.64. The van der Waals surface area contributed by atoms with Crippen LogP contribution in [0.4, 0.5) is 0 Å². The van der Waals surface area contributed by atoms with Crippen LogP contribution in [-0.4, -0.2) is 38.8 Å². The molecule has 1 atom stereocenters. The van der Waals surface area contributed by atoms with Crippen LogP contribution in [0.2, 0.25) is 0 Å². The van der Waals surface area contributed by atoms with Gasteiger partial charge < -0.3 is 20.1 Å². The highest BCUT2D eigenvalue weighted by Gasteiger charge is 2.16. The third kappa shape index (κ3) is 5.02. The maximum Gasteiger partial charge on any atom is 0.246 e. The monoisotopic (exact) mass is 292 g/mol. The molecular weight excluding hydrogens is 268 g/mol. The van der Waals surface area contributed by atoms with Crippen LogP contribution in [0.1, 0.15) is 31.4 Å². The average molecular weight is 292 g/mol. The molecule has 5 nitrogen and oxygen atoms in total. The lowest BCUT2D eigenvalue weighted by Gasteiger charge is -2.23. The van der Waals surface area contributed by atoms with Crippen molar-refractivity contribution in [1.82, 2.24) is 10.6 Å². The normalized spacial score (nSPS) is 17.2. The Labute approximate surface area is 126 Å². The van der Waals surface area contributed by atoms with E-state index in [0.717, 1.165) is 37.2 Å². The summed E-state index contributed by atoms with van der Waals surface area (Å²) in [6, 6.07) is 7.65. The molecule has 1 fully saturated rings. The van der Waals surface area contributed by atoms with Crippen molar-refractivity contribution in [3.8, 4) is 5.75 Å². The number of methoxy groups -OCH3 is 1. The van der Waals surface area contributed by atoms with Crippen LogP contribution in [0.5, 0.6) is 5.75 Å². The predicted molar refractivity (Wildman–Crippen MR) is 81.4 cm³/mol. The number of benzene rings is 1. The minimum atomic E-state index is -0.0724. The first-order valence-electron chi connectivity index (χ1n) is 7.44. The number of carbonyl (C=O) groups is 1. The van der Waals surface area contributed by atoms with E-state index in [1.165, 1.54) is 0 Å². The van der Waals surface area contributed by atoms with Gasteiger partial charge in [0.15, 0.2) is 0 Å². The molecule has 0 aliphatic carbocycles. The molecule has 0 spiro atoms. The van der Waals surface area contributed by atoms with Gasteiger partial charge in [0.25, 0.3) is 0 Å². The van der Waals surface area contributed by atoms with Crippen LogP contribution in [0.25, 0.3) is 0 Å². The summed E-state index contributed by atoms with van der Waals surface area (Å²) < 4.78 is 10.8. The molecule has 0 aromatic heterocycles. The SMILES string of the molecule is COc1ccc([C@H](C)NC(=O)COC2CCNCC2)cc1. The molecule has 1 aromatic carbocycles. The summed E-state index contributed by atoms with van der Waals surface area (Å²) in [5.74, 6) is 0.739. The van der Waals surface area contributed by atoms with E-state index in [9.17, 15) is 4.79 Å². The molecule has 21 heavy (non-hydrogen) atoms. The van der Waals surface area contributed by atoms with Crippen molar-refractivity contribution < 1.29 is 14.3 Å². The molecule has 1 saturated heterocycles. The predicted octanol–water partition coefficient (Wildman–Crippen LogP) is 1.64. The lowest BCUT2D eigenvalue weighted by molar-refractivity contribution is -0.128. The third-order valence-corrected chi connectivity index (χ3v) is 3.73. The third-order valence-electron chi connectivity index (χ3n) is 3.73. The van der Waals surface area contributed by atoms with Gasteiger partial charge in [0.2, 0.25) is 5.91 Å². The standard InChI is InChI=1S/C16H24N2O3/c1-12(13-3-5-14(20-2)6-4-13)18-16(19)11-21-15-7-9-17-10-8-15/h3-6,12,15,17H,7-11H2,1-2H3,(H,18,19)/t12-/m0/s1. The second-order valence-corrected chi connectivity index (χ2v) is 5.32. The minimum absolute atomic E-state index is 0.0416. The Hall–Kier alpha value is -1.59. The number of rotatable bonds is 6. The number of ether oxygens (including phenoxy) is 2. The Kier molecular flexibility index (Phi) is 6.02. The zero-order chi connectivity index (χ0) is 15.1. The van der Waals surface area contributed by atoms with E-state index in [1.54, 1.807) is 7.11 Å². The van der Waals surface area contributed by atoms with E-state index in [1.807, 2.05) is 31.2 Å². The quantitative estimate of drug-likeness (QED) is 0.837. The molecule has 1 aromatic rings. The van der Waals surface area contributed by atoms with Crippen LogP contribution in [0, 0.1) is 0 Å². The molecule has 1 aliphatic heterocycles. The van der Waals surface area contributed by atoms with Gasteiger partial charge in [-0.3, -0.25) is 4.79 Å². The Balaban J connectivity index is 1.75. The summed E-state index contributed by atoms with van der Waals surface area (Å²) in [6.45, 7) is 4.03. The Bertz CT molecular complexity index is 441. The van der Waals surface area contributed by atoms with Gasteiger partial charge in [-0.15, -0.1) is 0 Å². The fraction of sp³-hybridized carbons (Fsp3) is 0.562. The molecule has 0 unspecified atom stereocenters. The number of amides is 1. The highest BCUT2D eigenvalue weighted by molar-refractivity contribution is 5.77. The summed E-state index contributed by atoms with van der Waals surface area (Å²) in [6.07, 6.45) is 2.15. The van der Waals surface area contributed by atoms with Crippen molar-refractivity contribution in [3.05, 3.63) is 29.8 Å². The summed E-state index contributed by atoms with van der Waals surface area (Å²) in [4.78, 5) is 11.9. The fourth-order valence-electron chi connectivity index (χ4n) is 2.41. The Morgan fingerprint density at radius 2 is 2.00 bits per heavy atom. The highest BCUT2D eigenvalue weighted by atomic mass is 16.5. The summed E-state index contributed by atoms with van der Waals surface area (Å²) in [5, 5.41) is 6.23. The summed E-state index contributed by atoms with van der Waals surface area (Å²) in [5.41, 5.74) is 1.05. The van der Waals surface area contributed by atoms with Gasteiger partial charge in [-0.25, -0.2) is 0 Å². The van der Waals surface area contributed by atoms with E-state index in [-0.39, 0.29) is 24.7 Å². The van der Waals surface area contributed by atoms with Crippen LogP contribution in [-0.2, 0) is 9.53 Å². The van der Waals surface area contributed by atoms with Gasteiger partial charge >= 0.3 is 0 Å². The first kappa shape index (κ1) is 15.8. The molecule has 0 saturated carbocycles. The van der Waals surface area contributed by atoms with Crippen LogP contribution >= 0.6 is 0 Å². The van der Waals surface area contributed by atoms with Crippen molar-refractivity contribution in [2.75, 3.05) is 26.8 Å². The Morgan fingerprint density at radius 1 is 1.33 bits per heavy atom. The topological polar surface area (TPSA) is 59.6 Å². The van der Waals surface area contributed by atoms with Gasteiger partial charge in [-0.1, -0.05) is 12.1 Å². The van der Waals surface area contributed by atoms with Gasteiger partial charge in [0.1, 0.15) is 12.4 Å². The maximum atomic E-state index is 11.9. The molecule has 116 valence electrons. The van der Waals surface area contributed by atoms with E-state index in [2.05, 4.69) is 10.6 Å². The number of piperidine rings is 1. The van der Waals surface area contributed by atoms with E-state index in [4.69, 9.17) is 9.47 Å². The molecule has 0 radical (unpaired) electrons. The first-order valence-corrected chi connectivity index (χ1v) is 7.44. The van der Waals surface area contributed by atoms with E-state index in [0.29, 0.717) is 0 Å². The van der Waals surface area contributed by atoms with Crippen molar-refractivity contribution in [2.45, 2.75) is 31.9 Å². The molecule has 1 aliphatic rings. The van der Waals surface area contributed by atoms with Gasteiger partial charge in [-0.05, 0) is 50.6 Å². The lowest BCUT2D eigenvalue weighted by Crippen LogP contribution is -2.36. The molecule has 0 bridgehead atoms. The zero-order valence-electron chi connectivity index (χ0n) is 12.7. The molecule has 1 amide bonds. The Morgan fingerprint density at radius 3 is 2.62 bits per heavy atom. The lowest BCUT2D eigenvalue weighted by atomic mass is 10.1. The van der Waals surface area contributed by atoms with Crippen molar-refractivity contribution in [3.63, 3.8) is 0 Å². The second-order valence-electron chi connectivity index (χ2n) is 5.32. The second kappa shape index (κ2) is 8.00. The van der Waals surface area contributed by atoms with Gasteiger partial charge in [0.05, 0.1) is 19.3 Å². The first-order chi connectivity index (χ1) is 10.2. The highest BCUT2D eigenvalue weighted by Crippen LogP contribution is 2.17. The molecule has 2 rings (SSSR count). The minimum Gasteiger partial charge on any atom is -0.497 e. The molecular formula is C16H24N2O3. The molecule has 1 heterocycles. The average Bonchev–Trinajstić information content (AvgIpc) is 2.54. The maximum absolute atomic E-state index is 11.9. The number of nitrogens with one attached hydrogen (secondary N) is 2. The van der Waals surface area contributed by atoms with Crippen molar-refractivity contribution in [1.29, 1.82) is 0 Å². The molecule has 2 N–H and O–H groups in total. The number of hydrogen-bond acceptors (Lipinski definition) is 4. The van der Waals surface area contributed by atoms with Gasteiger partial charge in [0, 0.05) is 0 Å². The van der Waals surface area contributed by atoms with E-state index >= 15 is 0 Å². The summed E-state index contributed by atoms with van der Waals surface area (Å²) >= 11 is 0. The van der Waals surface area contributed by atoms with Crippen LogP contribution < -0.4 is 15.4 Å². The van der Waals surface area contributed by atoms with Gasteiger partial charge in [-0.2, -0.15) is 0 Å². The van der Waals surface area contributed by atoms with Crippen LogP contribution in [0.15, 0.2) is 24.3 Å². The fourth-order valence-corrected chi connectivity index (χ4v) is 2.41. The zero-order valence-corrected chi connectivity index (χ0v) is 12.7. The van der Waals surface area contributed by atoms with Crippen molar-refractivity contribution >= 4 is 5.91 Å². The molecule has 5 heteroatoms. The van der Waals surface area contributed by atoms with Crippen LogP contribution in [0.3, 0.4) is 0 Å². The largest absolute Gasteiger partial charge is 0.497 e.